The van der Waals surface area contributed by atoms with Crippen LogP contribution in [0.15, 0.2) is 24.4 Å². The molecule has 1 fully saturated rings. The van der Waals surface area contributed by atoms with E-state index in [0.717, 1.165) is 54.7 Å². The second-order valence-corrected chi connectivity index (χ2v) is 7.99. The van der Waals surface area contributed by atoms with Gasteiger partial charge in [-0.05, 0) is 57.2 Å². The van der Waals surface area contributed by atoms with E-state index in [1.165, 1.54) is 6.20 Å². The van der Waals surface area contributed by atoms with Crippen molar-refractivity contribution in [3.05, 3.63) is 51.7 Å². The van der Waals surface area contributed by atoms with Crippen molar-refractivity contribution in [1.82, 2.24) is 9.88 Å². The van der Waals surface area contributed by atoms with Crippen LogP contribution in [0.1, 0.15) is 46.3 Å². The standard InChI is InChI=1S/C22H27ClN4O2/c1-14-9-15(2)20(16(3)10-14)26-19(28)13-25-21-18(23)11-17(12-24-21)22(29)27-7-5-4-6-8-27/h9-12H,4-8,13H2,1-3H3,(H,24,25)(H,26,28). The molecule has 0 atom stereocenters. The number of benzene rings is 1. The number of hydrogen-bond acceptors (Lipinski definition) is 4. The molecule has 0 unspecified atom stereocenters. The lowest BCUT2D eigenvalue weighted by molar-refractivity contribution is -0.114. The molecule has 2 heterocycles. The third-order valence-electron chi connectivity index (χ3n) is 5.09. The van der Waals surface area contributed by atoms with Crippen molar-refractivity contribution in [3.8, 4) is 0 Å². The molecule has 154 valence electrons. The number of carbonyl (C=O) groups excluding carboxylic acids is 2. The summed E-state index contributed by atoms with van der Waals surface area (Å²) in [5, 5.41) is 6.21. The monoisotopic (exact) mass is 414 g/mol. The first-order chi connectivity index (χ1) is 13.8. The van der Waals surface area contributed by atoms with Crippen LogP contribution < -0.4 is 10.6 Å². The van der Waals surface area contributed by atoms with Crippen molar-refractivity contribution in [2.75, 3.05) is 30.3 Å². The molecule has 3 rings (SSSR count). The fourth-order valence-corrected chi connectivity index (χ4v) is 3.92. The van der Waals surface area contributed by atoms with E-state index in [1.807, 2.05) is 37.8 Å². The second kappa shape index (κ2) is 9.27. The van der Waals surface area contributed by atoms with Gasteiger partial charge in [-0.25, -0.2) is 4.98 Å². The van der Waals surface area contributed by atoms with Crippen LogP contribution >= 0.6 is 11.6 Å². The Kier molecular flexibility index (Phi) is 6.75. The average Bonchev–Trinajstić information content (AvgIpc) is 2.69. The van der Waals surface area contributed by atoms with E-state index in [1.54, 1.807) is 6.07 Å². The van der Waals surface area contributed by atoms with Crippen LogP contribution in [0.2, 0.25) is 5.02 Å². The second-order valence-electron chi connectivity index (χ2n) is 7.58. The number of nitrogens with zero attached hydrogens (tertiary/aromatic N) is 2. The van der Waals surface area contributed by atoms with E-state index in [0.29, 0.717) is 16.4 Å². The molecular weight excluding hydrogens is 388 g/mol. The zero-order valence-corrected chi connectivity index (χ0v) is 17.9. The number of pyridine rings is 1. The van der Waals surface area contributed by atoms with Gasteiger partial charge >= 0.3 is 0 Å². The fraction of sp³-hybridized carbons (Fsp3) is 0.409. The molecule has 0 aliphatic carbocycles. The Morgan fingerprint density at radius 1 is 1.07 bits per heavy atom. The first-order valence-electron chi connectivity index (χ1n) is 9.91. The van der Waals surface area contributed by atoms with Gasteiger partial charge in [0.2, 0.25) is 5.91 Å². The molecule has 0 saturated carbocycles. The third-order valence-corrected chi connectivity index (χ3v) is 5.38. The first kappa shape index (κ1) is 21.1. The van der Waals surface area contributed by atoms with E-state index in [4.69, 9.17) is 11.6 Å². The average molecular weight is 415 g/mol. The van der Waals surface area contributed by atoms with Gasteiger partial charge in [0, 0.05) is 25.0 Å². The highest BCUT2D eigenvalue weighted by Crippen LogP contribution is 2.23. The number of piperidine rings is 1. The van der Waals surface area contributed by atoms with Gasteiger partial charge in [-0.1, -0.05) is 29.3 Å². The molecule has 7 heteroatoms. The van der Waals surface area contributed by atoms with Crippen molar-refractivity contribution in [3.63, 3.8) is 0 Å². The van der Waals surface area contributed by atoms with E-state index in [9.17, 15) is 9.59 Å². The third kappa shape index (κ3) is 5.26. The molecule has 2 amide bonds. The number of hydrogen-bond donors (Lipinski definition) is 2. The van der Waals surface area contributed by atoms with Crippen molar-refractivity contribution < 1.29 is 9.59 Å². The largest absolute Gasteiger partial charge is 0.360 e. The lowest BCUT2D eigenvalue weighted by Gasteiger charge is -2.26. The van der Waals surface area contributed by atoms with Crippen LogP contribution in [0.25, 0.3) is 0 Å². The minimum Gasteiger partial charge on any atom is -0.360 e. The summed E-state index contributed by atoms with van der Waals surface area (Å²) in [4.78, 5) is 31.0. The predicted molar refractivity (Wildman–Crippen MR) is 117 cm³/mol. The summed E-state index contributed by atoms with van der Waals surface area (Å²) in [6.45, 7) is 7.54. The Morgan fingerprint density at radius 2 is 1.72 bits per heavy atom. The van der Waals surface area contributed by atoms with Gasteiger partial charge in [0.05, 0.1) is 17.1 Å². The van der Waals surface area contributed by atoms with E-state index < -0.39 is 0 Å². The molecule has 1 aliphatic heterocycles. The number of anilines is 2. The zero-order chi connectivity index (χ0) is 21.0. The molecule has 1 aliphatic rings. The van der Waals surface area contributed by atoms with E-state index in [-0.39, 0.29) is 18.4 Å². The number of amides is 2. The number of carbonyl (C=O) groups is 2. The van der Waals surface area contributed by atoms with E-state index >= 15 is 0 Å². The highest BCUT2D eigenvalue weighted by Gasteiger charge is 2.19. The lowest BCUT2D eigenvalue weighted by Crippen LogP contribution is -2.35. The van der Waals surface area contributed by atoms with Gasteiger partial charge in [-0.15, -0.1) is 0 Å². The lowest BCUT2D eigenvalue weighted by atomic mass is 10.1. The first-order valence-corrected chi connectivity index (χ1v) is 10.3. The van der Waals surface area contributed by atoms with E-state index in [2.05, 4.69) is 15.6 Å². The molecular formula is C22H27ClN4O2. The summed E-state index contributed by atoms with van der Waals surface area (Å²) in [5.74, 6) is 0.148. The number of likely N-dealkylation sites (tertiary alicyclic amines) is 1. The molecule has 0 spiro atoms. The van der Waals surface area contributed by atoms with Gasteiger partial charge in [0.25, 0.3) is 5.91 Å². The van der Waals surface area contributed by atoms with Crippen LogP contribution in [0, 0.1) is 20.8 Å². The van der Waals surface area contributed by atoms with Crippen LogP contribution in [-0.2, 0) is 4.79 Å². The molecule has 2 N–H and O–H groups in total. The Balaban J connectivity index is 1.61. The topological polar surface area (TPSA) is 74.3 Å². The van der Waals surface area contributed by atoms with Gasteiger partial charge in [-0.2, -0.15) is 0 Å². The van der Waals surface area contributed by atoms with Crippen LogP contribution in [0.3, 0.4) is 0 Å². The minimum atomic E-state index is -0.189. The maximum atomic E-state index is 12.6. The number of nitrogens with one attached hydrogen (secondary N) is 2. The molecule has 0 radical (unpaired) electrons. The molecule has 29 heavy (non-hydrogen) atoms. The maximum Gasteiger partial charge on any atom is 0.255 e. The summed E-state index contributed by atoms with van der Waals surface area (Å²) < 4.78 is 0. The van der Waals surface area contributed by atoms with Gasteiger partial charge in [0.1, 0.15) is 5.82 Å². The Morgan fingerprint density at radius 3 is 2.34 bits per heavy atom. The maximum absolute atomic E-state index is 12.6. The quantitative estimate of drug-likeness (QED) is 0.763. The summed E-state index contributed by atoms with van der Waals surface area (Å²) in [7, 11) is 0. The Labute approximate surface area is 176 Å². The summed E-state index contributed by atoms with van der Waals surface area (Å²) in [6, 6.07) is 5.68. The van der Waals surface area contributed by atoms with Crippen LogP contribution in [0.4, 0.5) is 11.5 Å². The number of aryl methyl sites for hydroxylation is 3. The molecule has 1 saturated heterocycles. The van der Waals surface area contributed by atoms with Crippen molar-refractivity contribution >= 4 is 34.9 Å². The Bertz CT molecular complexity index is 900. The Hall–Kier alpha value is -2.60. The number of aromatic nitrogens is 1. The smallest absolute Gasteiger partial charge is 0.255 e. The normalized spacial score (nSPS) is 13.9. The zero-order valence-electron chi connectivity index (χ0n) is 17.1. The minimum absolute atomic E-state index is 0.0267. The van der Waals surface area contributed by atoms with Crippen LogP contribution in [-0.4, -0.2) is 41.3 Å². The van der Waals surface area contributed by atoms with Crippen LogP contribution in [0.5, 0.6) is 0 Å². The SMILES string of the molecule is Cc1cc(C)c(NC(=O)CNc2ncc(C(=O)N3CCCCC3)cc2Cl)c(C)c1. The number of halogens is 1. The molecule has 0 bridgehead atoms. The van der Waals surface area contributed by atoms with Gasteiger partial charge in [-0.3, -0.25) is 9.59 Å². The molecule has 2 aromatic rings. The van der Waals surface area contributed by atoms with Gasteiger partial charge < -0.3 is 15.5 Å². The van der Waals surface area contributed by atoms with Gasteiger partial charge in [0.15, 0.2) is 0 Å². The highest BCUT2D eigenvalue weighted by atomic mass is 35.5. The molecule has 6 nitrogen and oxygen atoms in total. The predicted octanol–water partition coefficient (Wildman–Crippen LogP) is 4.34. The summed E-state index contributed by atoms with van der Waals surface area (Å²) in [6.07, 6.45) is 4.73. The summed E-state index contributed by atoms with van der Waals surface area (Å²) in [5.41, 5.74) is 4.49. The number of rotatable bonds is 5. The molecule has 1 aromatic heterocycles. The van der Waals surface area contributed by atoms with Crippen molar-refractivity contribution in [2.24, 2.45) is 0 Å². The van der Waals surface area contributed by atoms with Crippen molar-refractivity contribution in [2.45, 2.75) is 40.0 Å². The fourth-order valence-electron chi connectivity index (χ4n) is 3.69. The summed E-state index contributed by atoms with van der Waals surface area (Å²) >= 11 is 6.30. The molecule has 1 aromatic carbocycles. The van der Waals surface area contributed by atoms with Crippen molar-refractivity contribution in [1.29, 1.82) is 0 Å². The highest BCUT2D eigenvalue weighted by molar-refractivity contribution is 6.33.